The molecule has 0 aliphatic carbocycles. The monoisotopic (exact) mass is 568 g/mol. The van der Waals surface area contributed by atoms with Gasteiger partial charge in [0.25, 0.3) is 0 Å². The van der Waals surface area contributed by atoms with Gasteiger partial charge in [-0.2, -0.15) is 9.97 Å². The van der Waals surface area contributed by atoms with Crippen molar-refractivity contribution in [2.24, 2.45) is 0 Å². The van der Waals surface area contributed by atoms with E-state index in [4.69, 9.17) is 15.6 Å². The van der Waals surface area contributed by atoms with Crippen LogP contribution in [0, 0.1) is 0 Å². The SMILES string of the molecule is CCCCOc1nc(N)c2[nH]c(=O)n(CCCN(Cc3ccc(CC(=O)O)cc3)C(=O)CN3CCN(C)CC3)c2n1. The maximum absolute atomic E-state index is 13.5. The first kappa shape index (κ1) is 30.0. The number of aliphatic carboxylic acids is 1. The topological polar surface area (TPSA) is 163 Å². The van der Waals surface area contributed by atoms with Gasteiger partial charge in [-0.15, -0.1) is 0 Å². The summed E-state index contributed by atoms with van der Waals surface area (Å²) in [5.74, 6) is -0.734. The molecule has 0 spiro atoms. The number of carboxylic acid groups (broad SMARTS) is 1. The third-order valence-electron chi connectivity index (χ3n) is 7.23. The number of nitrogen functional groups attached to an aromatic ring is 1. The van der Waals surface area contributed by atoms with E-state index in [-0.39, 0.29) is 29.8 Å². The highest BCUT2D eigenvalue weighted by Crippen LogP contribution is 2.18. The number of imidazole rings is 1. The van der Waals surface area contributed by atoms with Crippen LogP contribution in [0.25, 0.3) is 11.2 Å². The summed E-state index contributed by atoms with van der Waals surface area (Å²) in [6, 6.07) is 7.41. The second kappa shape index (κ2) is 14.1. The number of amides is 1. The smallest absolute Gasteiger partial charge is 0.327 e. The largest absolute Gasteiger partial charge is 0.481 e. The number of aryl methyl sites for hydroxylation is 1. The number of carbonyl (C=O) groups is 2. The van der Waals surface area contributed by atoms with E-state index in [9.17, 15) is 14.4 Å². The highest BCUT2D eigenvalue weighted by molar-refractivity contribution is 5.82. The number of aromatic amines is 1. The third-order valence-corrected chi connectivity index (χ3v) is 7.23. The lowest BCUT2D eigenvalue weighted by Crippen LogP contribution is -2.49. The Labute approximate surface area is 238 Å². The highest BCUT2D eigenvalue weighted by atomic mass is 16.5. The third kappa shape index (κ3) is 8.27. The average Bonchev–Trinajstić information content (AvgIpc) is 3.25. The van der Waals surface area contributed by atoms with E-state index in [1.54, 1.807) is 17.0 Å². The van der Waals surface area contributed by atoms with Crippen LogP contribution >= 0.6 is 0 Å². The molecule has 1 amide bonds. The highest BCUT2D eigenvalue weighted by Gasteiger charge is 2.21. The van der Waals surface area contributed by atoms with Crippen LogP contribution in [-0.4, -0.2) is 104 Å². The number of H-pyrrole nitrogens is 1. The Morgan fingerprint density at radius 3 is 2.49 bits per heavy atom. The van der Waals surface area contributed by atoms with Crippen molar-refractivity contribution < 1.29 is 19.4 Å². The molecule has 1 fully saturated rings. The van der Waals surface area contributed by atoms with Crippen LogP contribution in [0.2, 0.25) is 0 Å². The summed E-state index contributed by atoms with van der Waals surface area (Å²) in [6.45, 7) is 7.43. The fraction of sp³-hybridized carbons (Fsp3) is 0.536. The Morgan fingerprint density at radius 1 is 1.10 bits per heavy atom. The Bertz CT molecular complexity index is 1380. The van der Waals surface area contributed by atoms with Gasteiger partial charge >= 0.3 is 17.7 Å². The van der Waals surface area contributed by atoms with E-state index >= 15 is 0 Å². The molecule has 0 saturated carbocycles. The van der Waals surface area contributed by atoms with E-state index in [0.717, 1.165) is 44.6 Å². The lowest BCUT2D eigenvalue weighted by Gasteiger charge is -2.33. The van der Waals surface area contributed by atoms with E-state index in [2.05, 4.69) is 38.7 Å². The van der Waals surface area contributed by atoms with Gasteiger partial charge in [0.2, 0.25) is 5.91 Å². The molecule has 3 heterocycles. The number of ether oxygens (including phenoxy) is 1. The van der Waals surface area contributed by atoms with Crippen molar-refractivity contribution in [2.75, 3.05) is 58.7 Å². The Balaban J connectivity index is 1.47. The van der Waals surface area contributed by atoms with Crippen molar-refractivity contribution in [2.45, 2.75) is 45.7 Å². The summed E-state index contributed by atoms with van der Waals surface area (Å²) in [4.78, 5) is 54.8. The lowest BCUT2D eigenvalue weighted by atomic mass is 10.1. The number of nitrogens with two attached hydrogens (primary N) is 1. The van der Waals surface area contributed by atoms with Gasteiger partial charge in [0.15, 0.2) is 11.5 Å². The minimum atomic E-state index is -0.888. The second-order valence-corrected chi connectivity index (χ2v) is 10.5. The number of anilines is 1. The van der Waals surface area contributed by atoms with Crippen molar-refractivity contribution in [3.05, 3.63) is 45.9 Å². The summed E-state index contributed by atoms with van der Waals surface area (Å²) in [7, 11) is 2.07. The maximum atomic E-state index is 13.5. The van der Waals surface area contributed by atoms with Crippen LogP contribution in [0.3, 0.4) is 0 Å². The van der Waals surface area contributed by atoms with Crippen LogP contribution < -0.4 is 16.2 Å². The van der Waals surface area contributed by atoms with E-state index < -0.39 is 5.97 Å². The normalized spacial score (nSPS) is 14.4. The fourth-order valence-electron chi connectivity index (χ4n) is 4.78. The summed E-state index contributed by atoms with van der Waals surface area (Å²) >= 11 is 0. The first-order valence-corrected chi connectivity index (χ1v) is 14.1. The number of fused-ring (bicyclic) bond motifs is 1. The molecular formula is C28H40N8O5. The zero-order valence-electron chi connectivity index (χ0n) is 23.8. The van der Waals surface area contributed by atoms with E-state index in [0.29, 0.717) is 55.9 Å². The van der Waals surface area contributed by atoms with Crippen molar-refractivity contribution in [3.63, 3.8) is 0 Å². The molecule has 2 aromatic heterocycles. The average molecular weight is 569 g/mol. The van der Waals surface area contributed by atoms with Crippen molar-refractivity contribution in [1.82, 2.24) is 34.2 Å². The first-order chi connectivity index (χ1) is 19.7. The number of carboxylic acids is 1. The van der Waals surface area contributed by atoms with Gasteiger partial charge in [-0.3, -0.25) is 19.1 Å². The molecule has 1 saturated heterocycles. The van der Waals surface area contributed by atoms with Crippen LogP contribution in [0.1, 0.15) is 37.3 Å². The number of likely N-dealkylation sites (N-methyl/N-ethyl adjacent to an activating group) is 1. The zero-order chi connectivity index (χ0) is 29.4. The summed E-state index contributed by atoms with van der Waals surface area (Å²) < 4.78 is 7.13. The summed E-state index contributed by atoms with van der Waals surface area (Å²) in [5, 5.41) is 9.06. The number of nitrogens with zero attached hydrogens (tertiary/aromatic N) is 6. The minimum absolute atomic E-state index is 0.00798. The number of nitrogens with one attached hydrogen (secondary N) is 1. The predicted molar refractivity (Wildman–Crippen MR) is 155 cm³/mol. The van der Waals surface area contributed by atoms with E-state index in [1.807, 2.05) is 12.1 Å². The van der Waals surface area contributed by atoms with Gasteiger partial charge in [0, 0.05) is 45.8 Å². The van der Waals surface area contributed by atoms with Gasteiger partial charge in [0.05, 0.1) is 19.6 Å². The van der Waals surface area contributed by atoms with Crippen molar-refractivity contribution in [3.8, 4) is 6.01 Å². The van der Waals surface area contributed by atoms with Crippen LogP contribution in [-0.2, 0) is 29.1 Å². The molecule has 1 aliphatic rings. The van der Waals surface area contributed by atoms with Gasteiger partial charge in [-0.05, 0) is 31.0 Å². The fourth-order valence-corrected chi connectivity index (χ4v) is 4.78. The molecular weight excluding hydrogens is 528 g/mol. The zero-order valence-corrected chi connectivity index (χ0v) is 23.8. The van der Waals surface area contributed by atoms with Crippen LogP contribution in [0.15, 0.2) is 29.1 Å². The molecule has 13 heteroatoms. The van der Waals surface area contributed by atoms with Gasteiger partial charge in [-0.1, -0.05) is 37.6 Å². The molecule has 41 heavy (non-hydrogen) atoms. The standard InChI is InChI=1S/C28H40N8O5/c1-3-4-16-41-27-31-25(29)24-26(32-27)36(28(40)30-24)11-5-10-35(22(37)19-34-14-12-33(2)13-15-34)18-21-8-6-20(7-9-21)17-23(38)39/h6-9H,3-5,10-19H2,1-2H3,(H,30,40)(H,38,39)(H2,29,31,32). The Kier molecular flexibility index (Phi) is 10.3. The molecule has 1 aromatic carbocycles. The quantitative estimate of drug-likeness (QED) is 0.241. The van der Waals surface area contributed by atoms with Gasteiger partial charge in [0.1, 0.15) is 5.52 Å². The molecule has 4 N–H and O–H groups in total. The number of carbonyl (C=O) groups excluding carboxylic acids is 1. The summed E-state index contributed by atoms with van der Waals surface area (Å²) in [6.07, 6.45) is 2.27. The van der Waals surface area contributed by atoms with E-state index in [1.165, 1.54) is 4.57 Å². The number of benzene rings is 1. The molecule has 1 aliphatic heterocycles. The number of hydrogen-bond acceptors (Lipinski definition) is 9. The molecule has 4 rings (SSSR count). The number of aromatic nitrogens is 4. The van der Waals surface area contributed by atoms with Gasteiger partial charge in [-0.25, -0.2) is 4.79 Å². The number of piperazine rings is 1. The van der Waals surface area contributed by atoms with Crippen LogP contribution in [0.4, 0.5) is 5.82 Å². The molecule has 0 atom stereocenters. The second-order valence-electron chi connectivity index (χ2n) is 10.5. The van der Waals surface area contributed by atoms with Crippen molar-refractivity contribution in [1.29, 1.82) is 0 Å². The predicted octanol–water partition coefficient (Wildman–Crippen LogP) is 1.17. The number of rotatable bonds is 14. The molecule has 0 bridgehead atoms. The molecule has 3 aromatic rings. The van der Waals surface area contributed by atoms with Crippen LogP contribution in [0.5, 0.6) is 6.01 Å². The molecule has 0 unspecified atom stereocenters. The number of unbranched alkanes of at least 4 members (excludes halogenated alkanes) is 1. The summed E-state index contributed by atoms with van der Waals surface area (Å²) in [5.41, 5.74) is 8.07. The van der Waals surface area contributed by atoms with Crippen molar-refractivity contribution >= 4 is 28.9 Å². The first-order valence-electron chi connectivity index (χ1n) is 14.1. The maximum Gasteiger partial charge on any atom is 0.327 e. The lowest BCUT2D eigenvalue weighted by molar-refractivity contribution is -0.136. The Hall–Kier alpha value is -3.97. The molecule has 222 valence electrons. The molecule has 13 nitrogen and oxygen atoms in total. The minimum Gasteiger partial charge on any atom is -0.481 e. The number of hydrogen-bond donors (Lipinski definition) is 3. The Morgan fingerprint density at radius 2 is 1.80 bits per heavy atom. The van der Waals surface area contributed by atoms with Gasteiger partial charge < -0.3 is 30.4 Å². The molecule has 0 radical (unpaired) electrons.